The van der Waals surface area contributed by atoms with Crippen molar-refractivity contribution in [1.29, 1.82) is 0 Å². The first kappa shape index (κ1) is 22.3. The van der Waals surface area contributed by atoms with E-state index < -0.39 is 35.6 Å². The third-order valence-corrected chi connectivity index (χ3v) is 4.90. The average Bonchev–Trinajstić information content (AvgIpc) is 3.04. The number of imide groups is 1. The van der Waals surface area contributed by atoms with E-state index >= 15 is 0 Å². The highest BCUT2D eigenvalue weighted by atomic mass is 19.4. The minimum absolute atomic E-state index is 0.00379. The lowest BCUT2D eigenvalue weighted by Crippen LogP contribution is -2.30. The third-order valence-electron chi connectivity index (χ3n) is 4.90. The zero-order valence-corrected chi connectivity index (χ0v) is 16.8. The predicted octanol–water partition coefficient (Wildman–Crippen LogP) is 4.72. The molecule has 1 aliphatic carbocycles. The number of alkyl halides is 3. The Morgan fingerprint density at radius 3 is 2.61 bits per heavy atom. The first-order chi connectivity index (χ1) is 14.5. The van der Waals surface area contributed by atoms with Gasteiger partial charge in [-0.25, -0.2) is 4.79 Å². The van der Waals surface area contributed by atoms with Gasteiger partial charge in [-0.2, -0.15) is 13.2 Å². The van der Waals surface area contributed by atoms with Crippen LogP contribution in [-0.4, -0.2) is 23.9 Å². The maximum absolute atomic E-state index is 13.0. The van der Waals surface area contributed by atoms with E-state index in [1.165, 1.54) is 6.92 Å². The summed E-state index contributed by atoms with van der Waals surface area (Å²) in [5.41, 5.74) is -0.244. The highest BCUT2D eigenvalue weighted by molar-refractivity contribution is 6.00. The largest absolute Gasteiger partial charge is 0.457 e. The number of nitrogens with one attached hydrogen (secondary N) is 1. The molecule has 6 nitrogen and oxygen atoms in total. The SMILES string of the molecule is CC(=O)c1cc(C(F)(F)F)ccc1OC1=C/C=C/[C@H](C2OC(=O)NC2=O)CCC(C)=C1. The average molecular weight is 435 g/mol. The second kappa shape index (κ2) is 8.79. The molecule has 31 heavy (non-hydrogen) atoms. The van der Waals surface area contributed by atoms with Gasteiger partial charge < -0.3 is 9.47 Å². The van der Waals surface area contributed by atoms with E-state index in [1.54, 1.807) is 24.3 Å². The van der Waals surface area contributed by atoms with Gasteiger partial charge in [0.15, 0.2) is 11.9 Å². The van der Waals surface area contributed by atoms with Crippen LogP contribution < -0.4 is 10.1 Å². The summed E-state index contributed by atoms with van der Waals surface area (Å²) in [7, 11) is 0. The van der Waals surface area contributed by atoms with E-state index in [-0.39, 0.29) is 17.2 Å². The van der Waals surface area contributed by atoms with Crippen LogP contribution in [0.4, 0.5) is 18.0 Å². The molecule has 2 atom stereocenters. The Morgan fingerprint density at radius 1 is 1.26 bits per heavy atom. The smallest absolute Gasteiger partial charge is 0.416 e. The number of rotatable bonds is 4. The molecule has 1 heterocycles. The zero-order chi connectivity index (χ0) is 22.8. The van der Waals surface area contributed by atoms with Gasteiger partial charge in [0, 0.05) is 5.92 Å². The van der Waals surface area contributed by atoms with E-state index in [0.29, 0.717) is 18.6 Å². The van der Waals surface area contributed by atoms with Crippen molar-refractivity contribution in [3.63, 3.8) is 0 Å². The lowest BCUT2D eigenvalue weighted by Gasteiger charge is -2.16. The quantitative estimate of drug-likeness (QED) is 0.693. The normalized spacial score (nSPS) is 22.9. The van der Waals surface area contributed by atoms with Gasteiger partial charge in [-0.3, -0.25) is 14.9 Å². The molecule has 1 aromatic rings. The second-order valence-electron chi connectivity index (χ2n) is 7.33. The van der Waals surface area contributed by atoms with Gasteiger partial charge in [-0.05, 0) is 57.0 Å². The monoisotopic (exact) mass is 435 g/mol. The van der Waals surface area contributed by atoms with Crippen molar-refractivity contribution in [3.05, 3.63) is 65.0 Å². The van der Waals surface area contributed by atoms with Gasteiger partial charge in [0.05, 0.1) is 11.1 Å². The number of cyclic esters (lactones) is 1. The number of hydrogen-bond acceptors (Lipinski definition) is 5. The van der Waals surface area contributed by atoms with Crippen LogP contribution in [0.1, 0.15) is 42.6 Å². The number of ether oxygens (including phenoxy) is 2. The van der Waals surface area contributed by atoms with Crippen molar-refractivity contribution in [1.82, 2.24) is 5.32 Å². The Bertz CT molecular complexity index is 1010. The molecule has 1 aromatic carbocycles. The van der Waals surface area contributed by atoms with Crippen molar-refractivity contribution in [2.45, 2.75) is 39.0 Å². The molecule has 0 aromatic heterocycles. The molecule has 0 bridgehead atoms. The minimum Gasteiger partial charge on any atom is -0.457 e. The fraction of sp³-hybridized carbons (Fsp3) is 0.318. The number of alkyl carbamates (subject to hydrolysis) is 1. The summed E-state index contributed by atoms with van der Waals surface area (Å²) in [6.45, 7) is 3.00. The molecule has 164 valence electrons. The van der Waals surface area contributed by atoms with E-state index in [0.717, 1.165) is 23.8 Å². The molecule has 1 aliphatic heterocycles. The molecule has 0 radical (unpaired) electrons. The van der Waals surface area contributed by atoms with E-state index in [2.05, 4.69) is 5.32 Å². The molecule has 0 spiro atoms. The van der Waals surface area contributed by atoms with Gasteiger partial charge in [-0.15, -0.1) is 0 Å². The lowest BCUT2D eigenvalue weighted by atomic mass is 9.94. The molecule has 1 fully saturated rings. The first-order valence-electron chi connectivity index (χ1n) is 9.52. The number of halogens is 3. The zero-order valence-electron chi connectivity index (χ0n) is 16.8. The lowest BCUT2D eigenvalue weighted by molar-refractivity contribution is -0.137. The fourth-order valence-corrected chi connectivity index (χ4v) is 3.31. The number of hydrogen-bond donors (Lipinski definition) is 1. The van der Waals surface area contributed by atoms with Crippen LogP contribution in [0.3, 0.4) is 0 Å². The third kappa shape index (κ3) is 5.42. The van der Waals surface area contributed by atoms with Crippen molar-refractivity contribution < 1.29 is 37.0 Å². The summed E-state index contributed by atoms with van der Waals surface area (Å²) in [5, 5.41) is 2.10. The Kier molecular flexibility index (Phi) is 6.33. The maximum Gasteiger partial charge on any atom is 0.416 e. The van der Waals surface area contributed by atoms with Crippen LogP contribution in [0.5, 0.6) is 5.75 Å². The van der Waals surface area contributed by atoms with Crippen molar-refractivity contribution in [3.8, 4) is 5.75 Å². The molecule has 2 aliphatic rings. The molecule has 1 unspecified atom stereocenters. The van der Waals surface area contributed by atoms with Crippen LogP contribution >= 0.6 is 0 Å². The van der Waals surface area contributed by atoms with Crippen molar-refractivity contribution >= 4 is 17.8 Å². The number of amides is 2. The van der Waals surface area contributed by atoms with Gasteiger partial charge in [0.2, 0.25) is 0 Å². The van der Waals surface area contributed by atoms with Crippen LogP contribution in [0.15, 0.2) is 53.8 Å². The van der Waals surface area contributed by atoms with E-state index in [1.807, 2.05) is 6.92 Å². The maximum atomic E-state index is 13.0. The second-order valence-corrected chi connectivity index (χ2v) is 7.33. The minimum atomic E-state index is -4.58. The van der Waals surface area contributed by atoms with Gasteiger partial charge in [0.1, 0.15) is 11.5 Å². The Balaban J connectivity index is 1.88. The Hall–Kier alpha value is -3.36. The summed E-state index contributed by atoms with van der Waals surface area (Å²) >= 11 is 0. The van der Waals surface area contributed by atoms with Crippen LogP contribution in [0.25, 0.3) is 0 Å². The summed E-state index contributed by atoms with van der Waals surface area (Å²) in [4.78, 5) is 35.1. The van der Waals surface area contributed by atoms with Crippen LogP contribution in [0, 0.1) is 5.92 Å². The highest BCUT2D eigenvalue weighted by Gasteiger charge is 2.37. The van der Waals surface area contributed by atoms with Gasteiger partial charge in [0.25, 0.3) is 5.91 Å². The Labute approximate surface area is 176 Å². The number of benzene rings is 1. The fourth-order valence-electron chi connectivity index (χ4n) is 3.31. The van der Waals surface area contributed by atoms with Gasteiger partial charge in [-0.1, -0.05) is 17.7 Å². The molecule has 9 heteroatoms. The topological polar surface area (TPSA) is 81.7 Å². The molecular formula is C22H20F3NO5. The van der Waals surface area contributed by atoms with Crippen molar-refractivity contribution in [2.75, 3.05) is 0 Å². The number of allylic oxidation sites excluding steroid dienone is 4. The summed E-state index contributed by atoms with van der Waals surface area (Å²) in [6, 6.07) is 2.74. The summed E-state index contributed by atoms with van der Waals surface area (Å²) in [5.74, 6) is -1.11. The molecule has 1 N–H and O–H groups in total. The Morgan fingerprint density at radius 2 is 2.00 bits per heavy atom. The highest BCUT2D eigenvalue weighted by Crippen LogP contribution is 2.34. The van der Waals surface area contributed by atoms with Gasteiger partial charge >= 0.3 is 12.3 Å². The standard InChI is InChI=1S/C22H20F3NO5/c1-12-6-7-14(19-20(28)26-21(29)31-19)4-3-5-16(10-12)30-18-9-8-15(22(23,24)25)11-17(18)13(2)27/h3-5,8-11,14,19H,6-7H2,1-2H3,(H,26,28,29)/b4-3+,12-10?,16-5?/t14-,19?/m0/s1. The molecule has 0 saturated carbocycles. The molecule has 2 amide bonds. The molecular weight excluding hydrogens is 415 g/mol. The van der Waals surface area contributed by atoms with Crippen LogP contribution in [0.2, 0.25) is 0 Å². The van der Waals surface area contributed by atoms with E-state index in [9.17, 15) is 27.6 Å². The summed E-state index contributed by atoms with van der Waals surface area (Å²) < 4.78 is 49.8. The predicted molar refractivity (Wildman–Crippen MR) is 104 cm³/mol. The summed E-state index contributed by atoms with van der Waals surface area (Å²) in [6.07, 6.45) is 1.40. The van der Waals surface area contributed by atoms with E-state index in [4.69, 9.17) is 9.47 Å². The van der Waals surface area contributed by atoms with Crippen molar-refractivity contribution in [2.24, 2.45) is 5.92 Å². The number of carbonyl (C=O) groups excluding carboxylic acids is 3. The first-order valence-corrected chi connectivity index (χ1v) is 9.52. The number of carbonyl (C=O) groups is 3. The molecule has 3 rings (SSSR count). The van der Waals surface area contributed by atoms with Crippen LogP contribution in [-0.2, 0) is 15.7 Å². The number of ketones is 1. The molecule has 1 saturated heterocycles. The number of Topliss-reactive ketones (excluding diaryl/α,β-unsaturated/α-hetero) is 1.